The Labute approximate surface area is 110 Å². The van der Waals surface area contributed by atoms with E-state index in [2.05, 4.69) is 5.32 Å². The highest BCUT2D eigenvalue weighted by atomic mass is 32.2. The van der Waals surface area contributed by atoms with Gasteiger partial charge < -0.3 is 9.80 Å². The van der Waals surface area contributed by atoms with Crippen LogP contribution in [0.4, 0.5) is 0 Å². The summed E-state index contributed by atoms with van der Waals surface area (Å²) in [7, 11) is 0. The van der Waals surface area contributed by atoms with Crippen LogP contribution in [0.15, 0.2) is 0 Å². The number of hydrogen-bond acceptors (Lipinski definition) is 5. The lowest BCUT2D eigenvalue weighted by molar-refractivity contribution is -0.130. The number of hydrogen-bond donors (Lipinski definition) is 1. The number of thioether (sulfide) groups is 2. The van der Waals surface area contributed by atoms with E-state index >= 15 is 0 Å². The molecule has 5 nitrogen and oxygen atoms in total. The molecule has 0 bridgehead atoms. The Kier molecular flexibility index (Phi) is 4.99. The Morgan fingerprint density at radius 3 is 1.76 bits per heavy atom. The molecule has 0 aromatic heterocycles. The fraction of sp³-hybridized carbons (Fsp3) is 0.800. The summed E-state index contributed by atoms with van der Waals surface area (Å²) in [4.78, 5) is 27.0. The fourth-order valence-electron chi connectivity index (χ4n) is 1.72. The summed E-state index contributed by atoms with van der Waals surface area (Å²) in [5, 5.41) is 2.94. The van der Waals surface area contributed by atoms with E-state index in [9.17, 15) is 9.59 Å². The van der Waals surface area contributed by atoms with Gasteiger partial charge in [-0.3, -0.25) is 14.9 Å². The molecule has 7 heteroatoms. The van der Waals surface area contributed by atoms with Gasteiger partial charge in [0.05, 0.1) is 24.8 Å². The van der Waals surface area contributed by atoms with Crippen LogP contribution in [0, 0.1) is 0 Å². The summed E-state index contributed by atoms with van der Waals surface area (Å²) < 4.78 is 0. The second-order valence-corrected chi connectivity index (χ2v) is 6.14. The Hall–Kier alpha value is -0.400. The highest BCUT2D eigenvalue weighted by Crippen LogP contribution is 2.13. The van der Waals surface area contributed by atoms with Gasteiger partial charge in [-0.15, -0.1) is 23.5 Å². The molecule has 2 saturated heterocycles. The summed E-state index contributed by atoms with van der Waals surface area (Å²) in [5.41, 5.74) is 0. The SMILES string of the molecule is O=C(CNCC(=O)N1CCSC1)N1CCSC1. The molecule has 0 aromatic rings. The maximum absolute atomic E-state index is 11.7. The van der Waals surface area contributed by atoms with E-state index in [0.717, 1.165) is 36.3 Å². The van der Waals surface area contributed by atoms with Crippen molar-refractivity contribution in [2.24, 2.45) is 0 Å². The van der Waals surface area contributed by atoms with Crippen LogP contribution in [-0.4, -0.2) is 71.1 Å². The van der Waals surface area contributed by atoms with Crippen molar-refractivity contribution in [3.63, 3.8) is 0 Å². The normalized spacial score (nSPS) is 20.0. The minimum Gasteiger partial charge on any atom is -0.332 e. The summed E-state index contributed by atoms with van der Waals surface area (Å²) >= 11 is 3.54. The van der Waals surface area contributed by atoms with Crippen molar-refractivity contribution in [3.05, 3.63) is 0 Å². The van der Waals surface area contributed by atoms with E-state index in [0.29, 0.717) is 0 Å². The van der Waals surface area contributed by atoms with Crippen molar-refractivity contribution in [2.75, 3.05) is 49.4 Å². The third kappa shape index (κ3) is 3.79. The van der Waals surface area contributed by atoms with E-state index in [4.69, 9.17) is 0 Å². The number of nitrogens with zero attached hydrogens (tertiary/aromatic N) is 2. The van der Waals surface area contributed by atoms with Crippen LogP contribution in [0.3, 0.4) is 0 Å². The second-order valence-electron chi connectivity index (χ2n) is 3.99. The summed E-state index contributed by atoms with van der Waals surface area (Å²) in [6.07, 6.45) is 0. The van der Waals surface area contributed by atoms with Gasteiger partial charge in [-0.2, -0.15) is 0 Å². The molecule has 0 aliphatic carbocycles. The van der Waals surface area contributed by atoms with Crippen LogP contribution in [0.2, 0.25) is 0 Å². The highest BCUT2D eigenvalue weighted by molar-refractivity contribution is 7.99. The molecule has 2 amide bonds. The van der Waals surface area contributed by atoms with Gasteiger partial charge in [0.2, 0.25) is 11.8 Å². The maximum atomic E-state index is 11.7. The molecule has 0 atom stereocenters. The molecular weight excluding hydrogens is 258 g/mol. The summed E-state index contributed by atoms with van der Waals surface area (Å²) in [6, 6.07) is 0. The summed E-state index contributed by atoms with van der Waals surface area (Å²) in [6.45, 7) is 2.21. The van der Waals surface area contributed by atoms with Gasteiger partial charge in [0.1, 0.15) is 0 Å². The van der Waals surface area contributed by atoms with Crippen LogP contribution in [0.25, 0.3) is 0 Å². The molecular formula is C10H17N3O2S2. The standard InChI is InChI=1S/C10H17N3O2S2/c14-9(12-1-3-16-7-12)5-11-6-10(15)13-2-4-17-8-13/h11H,1-8H2. The first-order valence-corrected chi connectivity index (χ1v) is 8.00. The lowest BCUT2D eigenvalue weighted by atomic mass is 10.4. The van der Waals surface area contributed by atoms with E-state index in [-0.39, 0.29) is 24.9 Å². The largest absolute Gasteiger partial charge is 0.332 e. The van der Waals surface area contributed by atoms with Crippen molar-refractivity contribution >= 4 is 35.3 Å². The van der Waals surface area contributed by atoms with E-state index in [1.807, 2.05) is 9.80 Å². The molecule has 96 valence electrons. The first kappa shape index (κ1) is 13.0. The van der Waals surface area contributed by atoms with Crippen LogP contribution >= 0.6 is 23.5 Å². The predicted octanol–water partition coefficient (Wildman–Crippen LogP) is -0.358. The van der Waals surface area contributed by atoms with Gasteiger partial charge in [-0.05, 0) is 0 Å². The number of carbonyl (C=O) groups is 2. The van der Waals surface area contributed by atoms with Gasteiger partial charge in [-0.25, -0.2) is 0 Å². The topological polar surface area (TPSA) is 52.7 Å². The van der Waals surface area contributed by atoms with E-state index in [1.165, 1.54) is 0 Å². The zero-order valence-electron chi connectivity index (χ0n) is 9.68. The van der Waals surface area contributed by atoms with Gasteiger partial charge >= 0.3 is 0 Å². The van der Waals surface area contributed by atoms with Crippen molar-refractivity contribution in [1.29, 1.82) is 0 Å². The number of rotatable bonds is 4. The number of nitrogens with one attached hydrogen (secondary N) is 1. The molecule has 2 fully saturated rings. The molecule has 0 radical (unpaired) electrons. The molecule has 1 N–H and O–H groups in total. The average molecular weight is 275 g/mol. The molecule has 0 unspecified atom stereocenters. The van der Waals surface area contributed by atoms with E-state index in [1.54, 1.807) is 23.5 Å². The second kappa shape index (κ2) is 6.51. The fourth-order valence-corrected chi connectivity index (χ4v) is 3.67. The molecule has 0 spiro atoms. The van der Waals surface area contributed by atoms with Gasteiger partial charge in [-0.1, -0.05) is 0 Å². The quantitative estimate of drug-likeness (QED) is 0.759. The monoisotopic (exact) mass is 275 g/mol. The Balaban J connectivity index is 1.61. The molecule has 2 rings (SSSR count). The summed E-state index contributed by atoms with van der Waals surface area (Å²) in [5.74, 6) is 3.82. The average Bonchev–Trinajstić information content (AvgIpc) is 3.02. The lowest BCUT2D eigenvalue weighted by Crippen LogP contribution is -2.41. The molecule has 17 heavy (non-hydrogen) atoms. The van der Waals surface area contributed by atoms with Crippen molar-refractivity contribution in [1.82, 2.24) is 15.1 Å². The van der Waals surface area contributed by atoms with Crippen molar-refractivity contribution in [3.8, 4) is 0 Å². The predicted molar refractivity (Wildman–Crippen MR) is 70.9 cm³/mol. The van der Waals surface area contributed by atoms with Crippen LogP contribution in [0.1, 0.15) is 0 Å². The Morgan fingerprint density at radius 1 is 0.941 bits per heavy atom. The zero-order valence-corrected chi connectivity index (χ0v) is 11.3. The third-order valence-corrected chi connectivity index (χ3v) is 4.69. The van der Waals surface area contributed by atoms with Crippen molar-refractivity contribution < 1.29 is 9.59 Å². The van der Waals surface area contributed by atoms with Gasteiger partial charge in [0, 0.05) is 24.6 Å². The van der Waals surface area contributed by atoms with Crippen molar-refractivity contribution in [2.45, 2.75) is 0 Å². The third-order valence-electron chi connectivity index (χ3n) is 2.76. The smallest absolute Gasteiger partial charge is 0.237 e. The van der Waals surface area contributed by atoms with Crippen LogP contribution < -0.4 is 5.32 Å². The molecule has 2 aliphatic heterocycles. The molecule has 0 aromatic carbocycles. The minimum atomic E-state index is 0.0959. The Morgan fingerprint density at radius 2 is 1.41 bits per heavy atom. The maximum Gasteiger partial charge on any atom is 0.237 e. The number of amides is 2. The first-order chi connectivity index (χ1) is 8.27. The number of carbonyl (C=O) groups excluding carboxylic acids is 2. The van der Waals surface area contributed by atoms with Crippen LogP contribution in [0.5, 0.6) is 0 Å². The molecule has 2 aliphatic rings. The van der Waals surface area contributed by atoms with Gasteiger partial charge in [0.15, 0.2) is 0 Å². The first-order valence-electron chi connectivity index (χ1n) is 5.69. The lowest BCUT2D eigenvalue weighted by Gasteiger charge is -2.17. The van der Waals surface area contributed by atoms with E-state index < -0.39 is 0 Å². The zero-order chi connectivity index (χ0) is 12.1. The Bertz CT molecular complexity index is 261. The van der Waals surface area contributed by atoms with Crippen LogP contribution in [-0.2, 0) is 9.59 Å². The van der Waals surface area contributed by atoms with Gasteiger partial charge in [0.25, 0.3) is 0 Å². The molecule has 2 heterocycles. The minimum absolute atomic E-state index is 0.0959. The molecule has 0 saturated carbocycles. The highest BCUT2D eigenvalue weighted by Gasteiger charge is 2.20.